The van der Waals surface area contributed by atoms with Crippen LogP contribution in [0.25, 0.3) is 0 Å². The molecule has 0 spiro atoms. The van der Waals surface area contributed by atoms with Crippen molar-refractivity contribution in [2.45, 2.75) is 5.51 Å². The zero-order valence-corrected chi connectivity index (χ0v) is 14.4. The van der Waals surface area contributed by atoms with E-state index in [2.05, 4.69) is 4.10 Å². The molecule has 18 heteroatoms. The van der Waals surface area contributed by atoms with Gasteiger partial charge in [0.15, 0.2) is 58.2 Å². The lowest BCUT2D eigenvalue weighted by atomic mass is 9.54. The zero-order chi connectivity index (χ0) is 24.2. The van der Waals surface area contributed by atoms with Crippen LogP contribution in [0.3, 0.4) is 0 Å². The molecule has 3 nitrogen and oxygen atoms in total. The van der Waals surface area contributed by atoms with Crippen LogP contribution in [0.5, 0.6) is 0 Å². The summed E-state index contributed by atoms with van der Waals surface area (Å²) < 4.78 is 199. The molecule has 0 aliphatic rings. The second-order valence-corrected chi connectivity index (χ2v) is 6.91. The molecule has 170 valence electrons. The van der Waals surface area contributed by atoms with Gasteiger partial charge in [0.2, 0.25) is 0 Å². The van der Waals surface area contributed by atoms with Crippen LogP contribution in [0.2, 0.25) is 0 Å². The number of alkyl halides is 3. The summed E-state index contributed by atoms with van der Waals surface area (Å²) in [6.45, 7) is -4.19. The highest BCUT2D eigenvalue weighted by Crippen LogP contribution is 2.27. The highest BCUT2D eigenvalue weighted by molar-refractivity contribution is 7.88. The summed E-state index contributed by atoms with van der Waals surface area (Å²) in [7, 11) is -7.18. The fraction of sp³-hybridized carbons (Fsp3) is 0.0769. The number of hydrogen-bond donors (Lipinski definition) is 0. The molecule has 0 saturated heterocycles. The van der Waals surface area contributed by atoms with E-state index in [1.807, 2.05) is 0 Å². The smallest absolute Gasteiger partial charge is 0.314 e. The molecule has 0 aliphatic heterocycles. The molecule has 0 saturated carbocycles. The summed E-state index contributed by atoms with van der Waals surface area (Å²) in [5.74, 6) is -30.5. The van der Waals surface area contributed by atoms with Crippen molar-refractivity contribution in [3.63, 3.8) is 0 Å². The molecule has 0 bridgehead atoms. The van der Waals surface area contributed by atoms with Crippen LogP contribution in [-0.2, 0) is 14.2 Å². The third-order valence-corrected chi connectivity index (χ3v) is 4.53. The molecule has 0 aliphatic carbocycles. The maximum atomic E-state index is 14.0. The molecule has 0 N–H and O–H groups in total. The Labute approximate surface area is 162 Å². The minimum absolute atomic E-state index is 2.78. The summed E-state index contributed by atoms with van der Waals surface area (Å²) in [6.07, 6.45) is 0. The van der Waals surface area contributed by atoms with Gasteiger partial charge in [-0.25, -0.2) is 43.9 Å². The van der Waals surface area contributed by atoms with E-state index in [0.717, 1.165) is 0 Å². The normalized spacial score (nSPS) is 12.4. The Bertz CT molecular complexity index is 1050. The molecule has 2 aromatic carbocycles. The average molecular weight is 494 g/mol. The van der Waals surface area contributed by atoms with Crippen LogP contribution >= 0.6 is 0 Å². The Morgan fingerprint density at radius 2 is 0.742 bits per heavy atom. The Hall–Kier alpha value is -2.50. The summed E-state index contributed by atoms with van der Waals surface area (Å²) in [6, 6.07) is 0. The SMILES string of the molecule is O=S(=O)(OB(c1c(F)c(F)c(F)c(F)c1F)c1c(F)c(F)c(F)c(F)c1F)C(F)(F)F. The summed E-state index contributed by atoms with van der Waals surface area (Å²) in [5, 5.41) is 0. The first-order chi connectivity index (χ1) is 14.0. The van der Waals surface area contributed by atoms with Crippen LogP contribution in [0.15, 0.2) is 0 Å². The first kappa shape index (κ1) is 24.8. The third kappa shape index (κ3) is 3.93. The van der Waals surface area contributed by atoms with Gasteiger partial charge in [0.1, 0.15) is 0 Å². The summed E-state index contributed by atoms with van der Waals surface area (Å²) >= 11 is 0. The Kier molecular flexibility index (Phi) is 6.30. The van der Waals surface area contributed by atoms with E-state index >= 15 is 0 Å². The van der Waals surface area contributed by atoms with Gasteiger partial charge < -0.3 is 4.10 Å². The van der Waals surface area contributed by atoms with Crippen molar-refractivity contribution < 1.29 is 69.6 Å². The van der Waals surface area contributed by atoms with Crippen LogP contribution < -0.4 is 10.9 Å². The number of rotatable bonds is 4. The van der Waals surface area contributed by atoms with Crippen LogP contribution in [-0.4, -0.2) is 20.8 Å². The minimum Gasteiger partial charge on any atom is -0.314 e. The quantitative estimate of drug-likeness (QED) is 0.216. The predicted octanol–water partition coefficient (Wildman–Crippen LogP) is 3.05. The largest absolute Gasteiger partial charge is 0.521 e. The second-order valence-electron chi connectivity index (χ2n) is 5.34. The van der Waals surface area contributed by atoms with Gasteiger partial charge >= 0.3 is 22.5 Å². The monoisotopic (exact) mass is 494 g/mol. The third-order valence-electron chi connectivity index (χ3n) is 3.52. The molecule has 2 rings (SSSR count). The van der Waals surface area contributed by atoms with Gasteiger partial charge in [-0.2, -0.15) is 21.6 Å². The predicted molar refractivity (Wildman–Crippen MR) is 73.5 cm³/mol. The van der Waals surface area contributed by atoms with E-state index in [4.69, 9.17) is 0 Å². The Balaban J connectivity index is 3.04. The molecular formula is C13BF13O3S. The molecule has 2 aromatic rings. The lowest BCUT2D eigenvalue weighted by molar-refractivity contribution is -0.0500. The van der Waals surface area contributed by atoms with E-state index in [-0.39, 0.29) is 0 Å². The van der Waals surface area contributed by atoms with Crippen molar-refractivity contribution in [3.05, 3.63) is 58.2 Å². The molecule has 0 atom stereocenters. The first-order valence-corrected chi connectivity index (χ1v) is 8.38. The topological polar surface area (TPSA) is 43.4 Å². The van der Waals surface area contributed by atoms with Crippen LogP contribution in [0.1, 0.15) is 0 Å². The van der Waals surface area contributed by atoms with E-state index in [1.165, 1.54) is 0 Å². The second kappa shape index (κ2) is 7.88. The number of hydrogen-bond acceptors (Lipinski definition) is 3. The van der Waals surface area contributed by atoms with Crippen molar-refractivity contribution in [3.8, 4) is 0 Å². The molecule has 0 amide bonds. The fourth-order valence-corrected chi connectivity index (χ4v) is 2.68. The lowest BCUT2D eigenvalue weighted by Gasteiger charge is -2.19. The molecular weight excluding hydrogens is 494 g/mol. The highest BCUT2D eigenvalue weighted by atomic mass is 32.2. The lowest BCUT2D eigenvalue weighted by Crippen LogP contribution is -2.55. The Morgan fingerprint density at radius 3 is 0.968 bits per heavy atom. The van der Waals surface area contributed by atoms with Gasteiger partial charge in [0, 0.05) is 10.9 Å². The van der Waals surface area contributed by atoms with Gasteiger partial charge in [0.05, 0.1) is 0 Å². The number of halogens is 13. The number of benzene rings is 2. The van der Waals surface area contributed by atoms with Crippen molar-refractivity contribution in [1.29, 1.82) is 0 Å². The summed E-state index contributed by atoms with van der Waals surface area (Å²) in [5.41, 5.74) is -12.1. The molecule has 31 heavy (non-hydrogen) atoms. The molecule has 0 unspecified atom stereocenters. The summed E-state index contributed by atoms with van der Waals surface area (Å²) in [4.78, 5) is 0. The maximum Gasteiger partial charge on any atom is 0.521 e. The van der Waals surface area contributed by atoms with E-state index in [1.54, 1.807) is 0 Å². The van der Waals surface area contributed by atoms with E-state index in [9.17, 15) is 65.5 Å². The maximum absolute atomic E-state index is 14.0. The minimum atomic E-state index is -7.18. The van der Waals surface area contributed by atoms with Gasteiger partial charge in [-0.05, 0) is 0 Å². The van der Waals surface area contributed by atoms with Gasteiger partial charge in [0.25, 0.3) is 0 Å². The van der Waals surface area contributed by atoms with E-state index in [0.29, 0.717) is 0 Å². The standard InChI is InChI=1S/C13BF13O3S/c15-3-1(4(16)8(20)11(23)7(3)19)14(30-31(28,29)13(25,26)27)2-5(17)9(21)12(24)10(22)6(2)18. The average Bonchev–Trinajstić information content (AvgIpc) is 2.66. The van der Waals surface area contributed by atoms with Crippen LogP contribution in [0, 0.1) is 58.2 Å². The van der Waals surface area contributed by atoms with Gasteiger partial charge in [-0.3, -0.25) is 0 Å². The fourth-order valence-electron chi connectivity index (χ4n) is 2.13. The first-order valence-electron chi connectivity index (χ1n) is 6.97. The Morgan fingerprint density at radius 1 is 0.516 bits per heavy atom. The van der Waals surface area contributed by atoms with E-state index < -0.39 is 91.6 Å². The molecule has 0 aromatic heterocycles. The van der Waals surface area contributed by atoms with Crippen molar-refractivity contribution >= 4 is 28.0 Å². The zero-order valence-electron chi connectivity index (χ0n) is 13.6. The van der Waals surface area contributed by atoms with Crippen molar-refractivity contribution in [2.24, 2.45) is 0 Å². The van der Waals surface area contributed by atoms with Crippen LogP contribution in [0.4, 0.5) is 57.1 Å². The van der Waals surface area contributed by atoms with Gasteiger partial charge in [-0.1, -0.05) is 0 Å². The molecule has 0 radical (unpaired) electrons. The van der Waals surface area contributed by atoms with Crippen molar-refractivity contribution in [1.82, 2.24) is 0 Å². The van der Waals surface area contributed by atoms with Gasteiger partial charge in [-0.15, -0.1) is 0 Å². The van der Waals surface area contributed by atoms with Crippen molar-refractivity contribution in [2.75, 3.05) is 0 Å². The molecule has 0 heterocycles. The molecule has 0 fully saturated rings. The highest BCUT2D eigenvalue weighted by Gasteiger charge is 2.52.